The lowest BCUT2D eigenvalue weighted by Crippen LogP contribution is -2.37. The van der Waals surface area contributed by atoms with E-state index in [4.69, 9.17) is 67.5 Å². The Hall–Kier alpha value is -0.240. The molecular formula is C14H13Cl5N2O3S. The van der Waals surface area contributed by atoms with Crippen LogP contribution >= 0.6 is 69.8 Å². The Bertz CT molecular complexity index is 694. The van der Waals surface area contributed by atoms with Crippen LogP contribution in [0.4, 0.5) is 4.79 Å². The predicted octanol–water partition coefficient (Wildman–Crippen LogP) is 5.51. The van der Waals surface area contributed by atoms with Gasteiger partial charge in [0.15, 0.2) is 11.5 Å². The van der Waals surface area contributed by atoms with Gasteiger partial charge in [0, 0.05) is 5.56 Å². The molecule has 1 aliphatic heterocycles. The number of hydrogen-bond donors (Lipinski definition) is 1. The first-order valence-corrected chi connectivity index (χ1v) is 9.72. The van der Waals surface area contributed by atoms with Crippen molar-refractivity contribution in [2.75, 3.05) is 7.11 Å². The van der Waals surface area contributed by atoms with Gasteiger partial charge >= 0.3 is 4.52 Å². The Morgan fingerprint density at radius 3 is 2.48 bits per heavy atom. The van der Waals surface area contributed by atoms with Gasteiger partial charge in [0.05, 0.1) is 18.1 Å². The average Bonchev–Trinajstić information content (AvgIpc) is 2.53. The summed E-state index contributed by atoms with van der Waals surface area (Å²) in [5.74, 6) is 0.501. The minimum atomic E-state index is -2.12. The Labute approximate surface area is 174 Å². The van der Waals surface area contributed by atoms with Crippen LogP contribution in [0.25, 0.3) is 0 Å². The molecule has 25 heavy (non-hydrogen) atoms. The van der Waals surface area contributed by atoms with Gasteiger partial charge in [-0.25, -0.2) is 5.43 Å². The van der Waals surface area contributed by atoms with Crippen LogP contribution in [0.2, 0.25) is 0 Å². The van der Waals surface area contributed by atoms with Crippen LogP contribution in [-0.4, -0.2) is 31.6 Å². The fourth-order valence-corrected chi connectivity index (χ4v) is 3.13. The highest BCUT2D eigenvalue weighted by Crippen LogP contribution is 2.48. The van der Waals surface area contributed by atoms with Gasteiger partial charge in [-0.3, -0.25) is 4.79 Å². The van der Waals surface area contributed by atoms with Crippen LogP contribution in [0.5, 0.6) is 11.5 Å². The van der Waals surface area contributed by atoms with Crippen molar-refractivity contribution in [2.24, 2.45) is 5.10 Å². The topological polar surface area (TPSA) is 59.9 Å². The summed E-state index contributed by atoms with van der Waals surface area (Å²) < 4.78 is 6.50. The molecule has 5 nitrogen and oxygen atoms in total. The second kappa shape index (κ2) is 8.19. The third kappa shape index (κ3) is 4.93. The first-order valence-electron chi connectivity index (χ1n) is 6.95. The maximum absolute atomic E-state index is 11.5. The average molecular weight is 467 g/mol. The van der Waals surface area contributed by atoms with Gasteiger partial charge in [0.25, 0.3) is 9.03 Å². The number of rotatable bonds is 5. The van der Waals surface area contributed by atoms with Crippen molar-refractivity contribution in [1.82, 2.24) is 5.43 Å². The number of carbonyl (C=O) groups is 1. The van der Waals surface area contributed by atoms with Crippen molar-refractivity contribution in [2.45, 2.75) is 26.9 Å². The maximum Gasteiger partial charge on any atom is 0.305 e. The molecule has 1 atom stereocenters. The molecule has 0 aliphatic carbocycles. The molecule has 1 aromatic rings. The van der Waals surface area contributed by atoms with E-state index in [1.54, 1.807) is 18.2 Å². The molecule has 1 N–H and O–H groups in total. The van der Waals surface area contributed by atoms with Crippen LogP contribution < -0.4 is 14.9 Å². The summed E-state index contributed by atoms with van der Waals surface area (Å²) in [6.07, 6.45) is 0.733. The molecule has 1 heterocycles. The number of benzene rings is 1. The van der Waals surface area contributed by atoms with E-state index in [-0.39, 0.29) is 16.2 Å². The number of alkyl halides is 5. The van der Waals surface area contributed by atoms with Gasteiger partial charge in [-0.05, 0) is 24.6 Å². The van der Waals surface area contributed by atoms with Crippen LogP contribution in [0.15, 0.2) is 23.3 Å². The lowest BCUT2D eigenvalue weighted by molar-refractivity contribution is 0.233. The highest BCUT2D eigenvalue weighted by atomic mass is 35.6. The standard InChI is InChI=1S/C14H13Cl5N2O3S/c1-3-10-11(20-21-12(22)25-10)7-4-5-8(9(6-7)23-2)24-14(18,19)13(15,16)17/h4-6,10H,3H2,1-2H3,(H,21,22). The van der Waals surface area contributed by atoms with Crippen molar-refractivity contribution in [1.29, 1.82) is 0 Å². The number of amides is 1. The molecule has 0 radical (unpaired) electrons. The number of hydrazone groups is 1. The van der Waals surface area contributed by atoms with Gasteiger partial charge in [-0.15, -0.1) is 0 Å². The number of methoxy groups -OCH3 is 1. The number of carbonyl (C=O) groups excluding carboxylic acids is 1. The molecule has 1 aliphatic rings. The molecule has 138 valence electrons. The minimum Gasteiger partial charge on any atom is -0.493 e. The second-order valence-electron chi connectivity index (χ2n) is 4.89. The lowest BCUT2D eigenvalue weighted by Gasteiger charge is -2.28. The van der Waals surface area contributed by atoms with Crippen molar-refractivity contribution in [3.8, 4) is 11.5 Å². The van der Waals surface area contributed by atoms with Gasteiger partial charge < -0.3 is 9.47 Å². The second-order valence-corrected chi connectivity index (χ2v) is 9.61. The molecule has 11 heteroatoms. The van der Waals surface area contributed by atoms with Gasteiger partial charge in [0.2, 0.25) is 0 Å². The molecule has 0 spiro atoms. The normalized spacial score (nSPS) is 18.4. The number of thioether (sulfide) groups is 1. The van der Waals surface area contributed by atoms with Gasteiger partial charge in [-0.2, -0.15) is 5.10 Å². The quantitative estimate of drug-likeness (QED) is 0.581. The van der Waals surface area contributed by atoms with Crippen LogP contribution in [0.3, 0.4) is 0 Å². The zero-order valence-electron chi connectivity index (χ0n) is 13.0. The van der Waals surface area contributed by atoms with E-state index >= 15 is 0 Å². The summed E-state index contributed by atoms with van der Waals surface area (Å²) in [5, 5.41) is 3.86. The number of halogens is 5. The fourth-order valence-electron chi connectivity index (χ4n) is 2.02. The van der Waals surface area contributed by atoms with Crippen LogP contribution in [-0.2, 0) is 0 Å². The van der Waals surface area contributed by atoms with E-state index < -0.39 is 8.31 Å². The maximum atomic E-state index is 11.5. The predicted molar refractivity (Wildman–Crippen MR) is 105 cm³/mol. The summed E-state index contributed by atoms with van der Waals surface area (Å²) in [4.78, 5) is 11.5. The third-order valence-corrected chi connectivity index (χ3v) is 6.47. The molecule has 1 amide bonds. The van der Waals surface area contributed by atoms with Crippen molar-refractivity contribution in [3.63, 3.8) is 0 Å². The van der Waals surface area contributed by atoms with E-state index in [0.717, 1.165) is 12.0 Å². The van der Waals surface area contributed by atoms with E-state index in [9.17, 15) is 4.79 Å². The monoisotopic (exact) mass is 464 g/mol. The Morgan fingerprint density at radius 1 is 1.24 bits per heavy atom. The lowest BCUT2D eigenvalue weighted by atomic mass is 10.0. The molecule has 0 saturated heterocycles. The minimum absolute atomic E-state index is 0.0773. The van der Waals surface area contributed by atoms with E-state index in [2.05, 4.69) is 10.5 Å². The molecular weight excluding hydrogens is 453 g/mol. The first-order chi connectivity index (χ1) is 11.6. The van der Waals surface area contributed by atoms with Crippen LogP contribution in [0, 0.1) is 0 Å². The summed E-state index contributed by atoms with van der Waals surface area (Å²) in [6, 6.07) is 4.97. The third-order valence-electron chi connectivity index (χ3n) is 3.22. The summed E-state index contributed by atoms with van der Waals surface area (Å²) in [6.45, 7) is 1.97. The summed E-state index contributed by atoms with van der Waals surface area (Å²) >= 11 is 30.2. The van der Waals surface area contributed by atoms with Crippen molar-refractivity contribution in [3.05, 3.63) is 23.8 Å². The first kappa shape index (κ1) is 21.1. The van der Waals surface area contributed by atoms with Crippen molar-refractivity contribution < 1.29 is 14.3 Å². The molecule has 0 bridgehead atoms. The molecule has 1 aromatic carbocycles. The highest BCUT2D eigenvalue weighted by Gasteiger charge is 2.49. The highest BCUT2D eigenvalue weighted by molar-refractivity contribution is 8.14. The Kier molecular flexibility index (Phi) is 6.90. The number of nitrogens with one attached hydrogen (secondary N) is 1. The van der Waals surface area contributed by atoms with E-state index in [1.807, 2.05) is 6.92 Å². The number of ether oxygens (including phenoxy) is 2. The molecule has 2 rings (SSSR count). The van der Waals surface area contributed by atoms with Gasteiger partial charge in [-0.1, -0.05) is 76.7 Å². The number of hydrogen-bond acceptors (Lipinski definition) is 5. The molecule has 0 saturated carbocycles. The molecule has 0 aromatic heterocycles. The Morgan fingerprint density at radius 2 is 1.92 bits per heavy atom. The largest absolute Gasteiger partial charge is 0.493 e. The Balaban J connectivity index is 2.35. The SMILES string of the molecule is CCC1SC(=O)NN=C1c1ccc(OC(Cl)(Cl)C(Cl)(Cl)Cl)c(OC)c1. The van der Waals surface area contributed by atoms with Crippen molar-refractivity contribution >= 4 is 80.7 Å². The zero-order chi connectivity index (χ0) is 18.8. The smallest absolute Gasteiger partial charge is 0.305 e. The van der Waals surface area contributed by atoms with E-state index in [1.165, 1.54) is 18.9 Å². The number of nitrogens with zero attached hydrogens (tertiary/aromatic N) is 1. The summed E-state index contributed by atoms with van der Waals surface area (Å²) in [7, 11) is 1.45. The summed E-state index contributed by atoms with van der Waals surface area (Å²) in [5.41, 5.74) is 3.90. The molecule has 1 unspecified atom stereocenters. The molecule has 0 fully saturated rings. The van der Waals surface area contributed by atoms with E-state index in [0.29, 0.717) is 11.5 Å². The van der Waals surface area contributed by atoms with Crippen LogP contribution in [0.1, 0.15) is 18.9 Å². The van der Waals surface area contributed by atoms with Gasteiger partial charge in [0.1, 0.15) is 0 Å². The fraction of sp³-hybridized carbons (Fsp3) is 0.429. The zero-order valence-corrected chi connectivity index (χ0v) is 17.6.